The highest BCUT2D eigenvalue weighted by Gasteiger charge is 2.18. The Morgan fingerprint density at radius 2 is 2.00 bits per heavy atom. The molecule has 0 radical (unpaired) electrons. The van der Waals surface area contributed by atoms with E-state index in [1.165, 1.54) is 6.21 Å². The van der Waals surface area contributed by atoms with Crippen LogP contribution in [0.25, 0.3) is 0 Å². The minimum Gasteiger partial charge on any atom is -0.258 e. The highest BCUT2D eigenvalue weighted by molar-refractivity contribution is 7.85. The van der Waals surface area contributed by atoms with Crippen LogP contribution in [0.1, 0.15) is 32.2 Å². The number of aromatic nitrogens is 2. The molecule has 0 aliphatic carbocycles. The zero-order chi connectivity index (χ0) is 11.5. The molecule has 0 aromatic carbocycles. The van der Waals surface area contributed by atoms with Gasteiger partial charge in [-0.1, -0.05) is 0 Å². The summed E-state index contributed by atoms with van der Waals surface area (Å²) in [7, 11) is -1.24. The molecule has 1 heterocycles. The lowest BCUT2D eigenvalue weighted by molar-refractivity contribution is 0.651. The lowest BCUT2D eigenvalue weighted by Crippen LogP contribution is -2.19. The average Bonchev–Trinajstić information content (AvgIpc) is 2.15. The molecule has 0 saturated carbocycles. The fraction of sp³-hybridized carbons (Fsp3) is 0.500. The summed E-state index contributed by atoms with van der Waals surface area (Å²) >= 11 is 0. The van der Waals surface area contributed by atoms with Gasteiger partial charge < -0.3 is 0 Å². The molecule has 4 nitrogen and oxygen atoms in total. The van der Waals surface area contributed by atoms with Gasteiger partial charge in [0.2, 0.25) is 0 Å². The molecule has 0 N–H and O–H groups in total. The average molecular weight is 225 g/mol. The van der Waals surface area contributed by atoms with E-state index >= 15 is 0 Å². The minimum absolute atomic E-state index is 0.339. The van der Waals surface area contributed by atoms with Crippen LogP contribution in [0.15, 0.2) is 16.8 Å². The lowest BCUT2D eigenvalue weighted by atomic mass is 10.3. The Morgan fingerprint density at radius 3 is 2.47 bits per heavy atom. The molecule has 0 spiro atoms. The zero-order valence-corrected chi connectivity index (χ0v) is 10.2. The van der Waals surface area contributed by atoms with Crippen molar-refractivity contribution in [2.45, 2.75) is 32.4 Å². The molecule has 0 aliphatic heterocycles. The molecule has 0 saturated heterocycles. The summed E-state index contributed by atoms with van der Waals surface area (Å²) in [6.07, 6.45) is 4.76. The third-order valence-electron chi connectivity index (χ3n) is 1.61. The van der Waals surface area contributed by atoms with Gasteiger partial charge in [0, 0.05) is 6.20 Å². The standard InChI is InChI=1S/C10H15N3OS/c1-8-5-12-9(6-11-8)7-13-15(14)10(2,3)4/h5-7H,1-4H3. The lowest BCUT2D eigenvalue weighted by Gasteiger charge is -2.12. The van der Waals surface area contributed by atoms with E-state index in [9.17, 15) is 4.21 Å². The number of rotatable bonds is 2. The molecule has 0 fully saturated rings. The molecule has 15 heavy (non-hydrogen) atoms. The molecule has 1 aromatic heterocycles. The number of hydrogen-bond donors (Lipinski definition) is 0. The summed E-state index contributed by atoms with van der Waals surface area (Å²) in [6.45, 7) is 7.49. The largest absolute Gasteiger partial charge is 0.258 e. The van der Waals surface area contributed by atoms with Crippen LogP contribution in [-0.2, 0) is 11.0 Å². The Balaban J connectivity index is 2.74. The summed E-state index contributed by atoms with van der Waals surface area (Å²) in [5.41, 5.74) is 1.47. The summed E-state index contributed by atoms with van der Waals surface area (Å²) in [5, 5.41) is 0. The van der Waals surface area contributed by atoms with Crippen LogP contribution in [0.2, 0.25) is 0 Å². The molecule has 1 rings (SSSR count). The fourth-order valence-corrected chi connectivity index (χ4v) is 1.25. The maximum Gasteiger partial charge on any atom is 0.144 e. The molecule has 1 aromatic rings. The second kappa shape index (κ2) is 4.61. The zero-order valence-electron chi connectivity index (χ0n) is 9.39. The van der Waals surface area contributed by atoms with Crippen LogP contribution in [0.3, 0.4) is 0 Å². The molecule has 0 bridgehead atoms. The first-order valence-corrected chi connectivity index (χ1v) is 5.75. The van der Waals surface area contributed by atoms with Crippen LogP contribution >= 0.6 is 0 Å². The quantitative estimate of drug-likeness (QED) is 0.719. The summed E-state index contributed by atoms with van der Waals surface area (Å²) in [5.74, 6) is 0. The highest BCUT2D eigenvalue weighted by Crippen LogP contribution is 2.11. The molecule has 1 unspecified atom stereocenters. The Bertz CT molecular complexity index is 379. The van der Waals surface area contributed by atoms with Crippen molar-refractivity contribution in [3.63, 3.8) is 0 Å². The van der Waals surface area contributed by atoms with E-state index < -0.39 is 11.0 Å². The van der Waals surface area contributed by atoms with Crippen LogP contribution in [0.4, 0.5) is 0 Å². The Morgan fingerprint density at radius 1 is 1.33 bits per heavy atom. The van der Waals surface area contributed by atoms with Crippen molar-refractivity contribution in [1.82, 2.24) is 9.97 Å². The van der Waals surface area contributed by atoms with Crippen molar-refractivity contribution in [2.75, 3.05) is 0 Å². The first-order valence-electron chi connectivity index (χ1n) is 4.64. The predicted octanol–water partition coefficient (Wildman–Crippen LogP) is 1.67. The van der Waals surface area contributed by atoms with E-state index in [2.05, 4.69) is 14.4 Å². The number of aryl methyl sites for hydroxylation is 1. The van der Waals surface area contributed by atoms with Crippen LogP contribution in [0.5, 0.6) is 0 Å². The molecule has 0 aliphatic rings. The maximum absolute atomic E-state index is 11.6. The van der Waals surface area contributed by atoms with Crippen molar-refractivity contribution >= 4 is 17.2 Å². The molecule has 82 valence electrons. The normalized spacial score (nSPS) is 14.4. The first-order chi connectivity index (χ1) is 6.89. The summed E-state index contributed by atoms with van der Waals surface area (Å²) < 4.78 is 15.2. The third kappa shape index (κ3) is 3.87. The van der Waals surface area contributed by atoms with E-state index in [0.717, 1.165) is 5.69 Å². The number of nitrogens with zero attached hydrogens (tertiary/aromatic N) is 3. The SMILES string of the molecule is Cc1cnc(C=NS(=O)C(C)(C)C)cn1. The van der Waals surface area contributed by atoms with Gasteiger partial charge in [0.05, 0.1) is 22.9 Å². The molecule has 5 heteroatoms. The van der Waals surface area contributed by atoms with Gasteiger partial charge in [0.1, 0.15) is 16.7 Å². The number of hydrogen-bond acceptors (Lipinski definition) is 3. The van der Waals surface area contributed by atoms with Crippen molar-refractivity contribution < 1.29 is 4.21 Å². The van der Waals surface area contributed by atoms with E-state index in [1.54, 1.807) is 12.4 Å². The highest BCUT2D eigenvalue weighted by atomic mass is 32.2. The molecule has 1 atom stereocenters. The Hall–Kier alpha value is -1.10. The smallest absolute Gasteiger partial charge is 0.144 e. The van der Waals surface area contributed by atoms with Crippen LogP contribution < -0.4 is 0 Å². The van der Waals surface area contributed by atoms with Crippen molar-refractivity contribution in [3.8, 4) is 0 Å². The second-order valence-corrected chi connectivity index (χ2v) is 6.11. The van der Waals surface area contributed by atoms with Gasteiger partial charge in [-0.2, -0.15) is 4.40 Å². The van der Waals surface area contributed by atoms with E-state index in [1.807, 2.05) is 27.7 Å². The second-order valence-electron chi connectivity index (χ2n) is 4.18. The van der Waals surface area contributed by atoms with Gasteiger partial charge in [-0.25, -0.2) is 4.21 Å². The van der Waals surface area contributed by atoms with Gasteiger partial charge in [-0.05, 0) is 27.7 Å². The summed E-state index contributed by atoms with van der Waals surface area (Å²) in [4.78, 5) is 8.15. The van der Waals surface area contributed by atoms with Gasteiger partial charge in [-0.3, -0.25) is 9.97 Å². The molecular formula is C10H15N3OS. The fourth-order valence-electron chi connectivity index (χ4n) is 0.729. The minimum atomic E-state index is -1.24. The maximum atomic E-state index is 11.6. The molecular weight excluding hydrogens is 210 g/mol. The van der Waals surface area contributed by atoms with E-state index in [-0.39, 0.29) is 4.75 Å². The van der Waals surface area contributed by atoms with Gasteiger partial charge >= 0.3 is 0 Å². The van der Waals surface area contributed by atoms with Crippen molar-refractivity contribution in [1.29, 1.82) is 0 Å². The van der Waals surface area contributed by atoms with E-state index in [0.29, 0.717) is 5.69 Å². The third-order valence-corrected chi connectivity index (χ3v) is 2.95. The van der Waals surface area contributed by atoms with Crippen LogP contribution in [0, 0.1) is 6.92 Å². The predicted molar refractivity (Wildman–Crippen MR) is 62.3 cm³/mol. The Labute approximate surface area is 92.5 Å². The summed E-state index contributed by atoms with van der Waals surface area (Å²) in [6, 6.07) is 0. The van der Waals surface area contributed by atoms with Gasteiger partial charge in [0.15, 0.2) is 0 Å². The van der Waals surface area contributed by atoms with Crippen molar-refractivity contribution in [3.05, 3.63) is 23.8 Å². The monoisotopic (exact) mass is 225 g/mol. The van der Waals surface area contributed by atoms with Crippen molar-refractivity contribution in [2.24, 2.45) is 4.40 Å². The molecule has 0 amide bonds. The Kier molecular flexibility index (Phi) is 3.68. The van der Waals surface area contributed by atoms with Gasteiger partial charge in [-0.15, -0.1) is 0 Å². The van der Waals surface area contributed by atoms with E-state index in [4.69, 9.17) is 0 Å². The topological polar surface area (TPSA) is 55.2 Å². The first kappa shape index (κ1) is 12.0. The van der Waals surface area contributed by atoms with Gasteiger partial charge in [0.25, 0.3) is 0 Å². The van der Waals surface area contributed by atoms with Crippen LogP contribution in [-0.4, -0.2) is 25.1 Å².